The van der Waals surface area contributed by atoms with Crippen molar-refractivity contribution in [2.75, 3.05) is 0 Å². The Bertz CT molecular complexity index is 93.9. The van der Waals surface area contributed by atoms with Gasteiger partial charge in [0.1, 0.15) is 0 Å². The molecule has 0 heterocycles. The van der Waals surface area contributed by atoms with Crippen LogP contribution in [0.3, 0.4) is 0 Å². The molecule has 0 aromatic carbocycles. The van der Waals surface area contributed by atoms with Crippen molar-refractivity contribution in [3.05, 3.63) is 0 Å². The summed E-state index contributed by atoms with van der Waals surface area (Å²) < 4.78 is 22.9. The Morgan fingerprint density at radius 2 is 1.40 bits per heavy atom. The molecule has 0 rings (SSSR count). The summed E-state index contributed by atoms with van der Waals surface area (Å²) in [5.41, 5.74) is 0. The quantitative estimate of drug-likeness (QED) is 0.355. The third kappa shape index (κ3) is 45.1. The molecule has 0 fully saturated rings. The minimum absolute atomic E-state index is 0. The first-order valence-electron chi connectivity index (χ1n) is 1.56. The molecule has 10 heavy (non-hydrogen) atoms. The molecule has 0 N–H and O–H groups in total. The van der Waals surface area contributed by atoms with Crippen molar-refractivity contribution in [1.29, 1.82) is 0 Å². The summed E-state index contributed by atoms with van der Waals surface area (Å²) >= 11 is -4.04. The van der Waals surface area contributed by atoms with Gasteiger partial charge in [-0.15, -0.1) is 0 Å². The number of rotatable bonds is 2. The first kappa shape index (κ1) is 18.6. The Labute approximate surface area is 133 Å². The van der Waals surface area contributed by atoms with Crippen LogP contribution in [0.1, 0.15) is 0 Å². The summed E-state index contributed by atoms with van der Waals surface area (Å²) in [5, 5.41) is 16.7. The number of carboxylic acid groups (broad SMARTS) is 2. The van der Waals surface area contributed by atoms with E-state index in [0.717, 1.165) is 0 Å². The second-order valence-electron chi connectivity index (χ2n) is 0.579. The van der Waals surface area contributed by atoms with Crippen molar-refractivity contribution in [2.45, 2.75) is 0 Å². The Kier molecular flexibility index (Phi) is 33.0. The zero-order chi connectivity index (χ0) is 7.70. The summed E-state index contributed by atoms with van der Waals surface area (Å²) in [5.74, 6) is 0. The van der Waals surface area contributed by atoms with E-state index in [9.17, 15) is 3.39 Å². The Morgan fingerprint density at radius 1 is 1.20 bits per heavy atom. The van der Waals surface area contributed by atoms with Gasteiger partial charge in [-0.3, -0.25) is 0 Å². The van der Waals surface area contributed by atoms with Gasteiger partial charge in [-0.25, -0.2) is 0 Å². The molecule has 0 spiro atoms. The van der Waals surface area contributed by atoms with Crippen LogP contribution < -0.4 is 10.2 Å². The van der Waals surface area contributed by atoms with E-state index >= 15 is 0 Å². The third-order valence-corrected chi connectivity index (χ3v) is 5.89. The standard InChI is InChI=1S/CH2O3.Ba.2La.3O/c2-1(3)4;;;;;;/h(H2,2,3,4);;;;;;/q;+2;;;;;/p-2. The number of carbonyl (C=O) groups excluding carboxylic acids is 1. The number of hydrogen-bond donors (Lipinski definition) is 0. The number of hydrogen-bond acceptors (Lipinski definition) is 6. The topological polar surface area (TPSA) is 107 Å². The fourth-order valence-corrected chi connectivity index (χ4v) is 1.20. The predicted molar refractivity (Wildman–Crippen MR) is 13.6 cm³/mol. The van der Waals surface area contributed by atoms with E-state index in [1.165, 1.54) is 0 Å². The third-order valence-electron chi connectivity index (χ3n) is 0.111. The van der Waals surface area contributed by atoms with Crippen LogP contribution in [0.15, 0.2) is 0 Å². The van der Waals surface area contributed by atoms with Gasteiger partial charge in [0.15, 0.2) is 0 Å². The molecule has 0 unspecified atom stereocenters. The van der Waals surface area contributed by atoms with E-state index in [0.29, 0.717) is 0 Å². The van der Waals surface area contributed by atoms with E-state index in [-0.39, 0.29) is 48.9 Å². The minimum atomic E-state index is -2.33. The maximum atomic E-state index is 9.37. The number of carbonyl (C=O) groups is 1. The van der Waals surface area contributed by atoms with Crippen LogP contribution in [0.5, 0.6) is 0 Å². The Balaban J connectivity index is -0.0000000910. The average molecular weight is 523 g/mol. The summed E-state index contributed by atoms with van der Waals surface area (Å²) in [7, 11) is 0. The van der Waals surface area contributed by atoms with E-state index in [4.69, 9.17) is 15.0 Å². The van der Waals surface area contributed by atoms with E-state index < -0.39 is 71.1 Å². The van der Waals surface area contributed by atoms with E-state index in [1.54, 1.807) is 0 Å². The van der Waals surface area contributed by atoms with E-state index in [1.807, 2.05) is 0 Å². The van der Waals surface area contributed by atoms with Gasteiger partial charge in [0.2, 0.25) is 0 Å². The molecule has 0 aliphatic rings. The van der Waals surface area contributed by atoms with Crippen molar-refractivity contribution >= 4 is 55.0 Å². The molecule has 0 saturated carbocycles. The summed E-state index contributed by atoms with van der Waals surface area (Å²) in [4.78, 5) is 8.33. The molecule has 9 heteroatoms. The van der Waals surface area contributed by atoms with Crippen molar-refractivity contribution in [2.24, 2.45) is 0 Å². The fraction of sp³-hybridized carbons (Fsp3) is 0. The average Bonchev–Trinajstić information content (AvgIpc) is 1.66. The van der Waals surface area contributed by atoms with Gasteiger partial charge < -0.3 is 15.0 Å². The fourth-order valence-electron chi connectivity index (χ4n) is 0.0227. The second-order valence-corrected chi connectivity index (χ2v) is 8.86. The first-order valence-corrected chi connectivity index (χ1v) is 7.48. The van der Waals surface area contributed by atoms with Crippen LogP contribution in [0, 0.1) is 65.0 Å². The molecule has 6 nitrogen and oxygen atoms in total. The Hall–Kier alpha value is 2.79. The van der Waals surface area contributed by atoms with E-state index in [2.05, 4.69) is -1.33 Å². The van der Waals surface area contributed by atoms with Gasteiger partial charge in [0, 0.05) is 0 Å². The molecule has 0 saturated heterocycles. The monoisotopic (exact) mass is 524 g/mol. The van der Waals surface area contributed by atoms with Gasteiger partial charge in [0.25, 0.3) is 0 Å². The van der Waals surface area contributed by atoms with Crippen molar-refractivity contribution < 1.29 is 82.0 Å². The first-order chi connectivity index (χ1) is 4.15. The molecular formula is CBaLa2O6. The van der Waals surface area contributed by atoms with Crippen molar-refractivity contribution in [3.63, 3.8) is 0 Å². The SMILES string of the molecule is O=C([O-])[O-].[Ba+2].[O]=[La][O][La]=[O]. The van der Waals surface area contributed by atoms with Gasteiger partial charge in [-0.1, -0.05) is 0 Å². The second kappa shape index (κ2) is 17.8. The van der Waals surface area contributed by atoms with Crippen molar-refractivity contribution in [3.8, 4) is 0 Å². The van der Waals surface area contributed by atoms with Crippen LogP contribution in [0.2, 0.25) is 0 Å². The molecule has 48 valence electrons. The van der Waals surface area contributed by atoms with Crippen LogP contribution >= 0.6 is 0 Å². The van der Waals surface area contributed by atoms with Crippen LogP contribution in [-0.2, 0) is 2.06 Å². The van der Waals surface area contributed by atoms with Gasteiger partial charge in [-0.2, -0.15) is 0 Å². The molecule has 0 atom stereocenters. The van der Waals surface area contributed by atoms with Gasteiger partial charge in [-0.05, 0) is 6.16 Å². The molecule has 0 aliphatic carbocycles. The molecule has 0 radical (unpaired) electrons. The predicted octanol–water partition coefficient (Wildman–Crippen LogP) is -3.13. The van der Waals surface area contributed by atoms with Gasteiger partial charge >= 0.3 is 116 Å². The molecule has 0 amide bonds. The molecule has 0 aliphatic heterocycles. The maximum absolute atomic E-state index is 9.37. The normalized spacial score (nSPS) is 4.80. The van der Waals surface area contributed by atoms with Crippen molar-refractivity contribution in [1.82, 2.24) is 0 Å². The molecular weight excluding hydrogens is 523 g/mol. The summed E-state index contributed by atoms with van der Waals surface area (Å²) in [6.45, 7) is 0. The van der Waals surface area contributed by atoms with Gasteiger partial charge in [0.05, 0.1) is 0 Å². The molecule has 0 aromatic heterocycles. The summed E-state index contributed by atoms with van der Waals surface area (Å²) in [6.07, 6.45) is -2.33. The molecule has 0 aromatic rings. The van der Waals surface area contributed by atoms with Crippen LogP contribution in [-0.4, -0.2) is 55.0 Å². The van der Waals surface area contributed by atoms with Crippen LogP contribution in [0.25, 0.3) is 0 Å². The zero-order valence-corrected chi connectivity index (χ0v) is 16.5. The summed E-state index contributed by atoms with van der Waals surface area (Å²) in [6, 6.07) is 0. The van der Waals surface area contributed by atoms with Crippen LogP contribution in [0.4, 0.5) is 4.79 Å². The molecule has 0 bridgehead atoms. The zero-order valence-electron chi connectivity index (χ0n) is 4.81. The Morgan fingerprint density at radius 3 is 1.40 bits per heavy atom.